The van der Waals surface area contributed by atoms with Crippen LogP contribution in [0.2, 0.25) is 18.1 Å². The Morgan fingerprint density at radius 2 is 0.974 bits per heavy atom. The van der Waals surface area contributed by atoms with Crippen molar-refractivity contribution in [1.29, 1.82) is 0 Å². The summed E-state index contributed by atoms with van der Waals surface area (Å²) in [6.07, 6.45) is 25.2. The molecule has 14 heteroatoms. The predicted octanol–water partition coefficient (Wildman–Crippen LogP) is 14.0. The lowest BCUT2D eigenvalue weighted by Crippen LogP contribution is -2.53. The Hall–Kier alpha value is -2.05. The Kier molecular flexibility index (Phi) is 21.1. The monoisotopic (exact) mass is 1080 g/mol. The van der Waals surface area contributed by atoms with Crippen LogP contribution in [0.5, 0.6) is 0 Å². The molecule has 12 atom stereocenters. The number of esters is 1. The van der Waals surface area contributed by atoms with Crippen molar-refractivity contribution in [3.8, 4) is 0 Å². The van der Waals surface area contributed by atoms with E-state index in [0.29, 0.717) is 50.7 Å². The topological polar surface area (TPSA) is 128 Å². The van der Waals surface area contributed by atoms with Gasteiger partial charge < -0.3 is 56.5 Å². The van der Waals surface area contributed by atoms with Crippen LogP contribution < -0.4 is 0 Å². The number of cyclic esters (lactones) is 1. The van der Waals surface area contributed by atoms with Gasteiger partial charge in [0, 0.05) is 63.0 Å². The number of rotatable bonds is 3. The van der Waals surface area contributed by atoms with Gasteiger partial charge in [-0.05, 0) is 132 Å². The Morgan fingerprint density at radius 1 is 0.566 bits per heavy atom. The van der Waals surface area contributed by atoms with E-state index in [1.54, 1.807) is 0 Å². The molecule has 0 amide bonds. The third-order valence-corrected chi connectivity index (χ3v) is 20.7. The summed E-state index contributed by atoms with van der Waals surface area (Å²) < 4.78 is 80.5. The molecule has 0 aromatic rings. The number of carbonyl (C=O) groups is 1. The van der Waals surface area contributed by atoms with Crippen LogP contribution in [-0.4, -0.2) is 116 Å². The molecule has 76 heavy (non-hydrogen) atoms. The van der Waals surface area contributed by atoms with E-state index < -0.39 is 42.9 Å². The van der Waals surface area contributed by atoms with Crippen LogP contribution in [0.1, 0.15) is 195 Å². The number of hydrogen-bond acceptors (Lipinski definition) is 13. The van der Waals surface area contributed by atoms with Gasteiger partial charge in [0.2, 0.25) is 0 Å². The molecular formula is C62H104O13Si. The summed E-state index contributed by atoms with van der Waals surface area (Å²) in [6.45, 7) is 40.3. The molecule has 434 valence electrons. The number of ether oxygens (including phenoxy) is 11. The van der Waals surface area contributed by atoms with Gasteiger partial charge in [0.1, 0.15) is 6.10 Å². The highest BCUT2D eigenvalue weighted by Crippen LogP contribution is 2.46. The smallest absolute Gasteiger partial charge is 0.334 e. The molecule has 0 aromatic carbocycles. The van der Waals surface area contributed by atoms with Gasteiger partial charge in [-0.15, -0.1) is 0 Å². The molecule has 0 aromatic heterocycles. The van der Waals surface area contributed by atoms with Crippen LogP contribution in [0.25, 0.3) is 0 Å². The van der Waals surface area contributed by atoms with Gasteiger partial charge in [0.05, 0.1) is 61.0 Å². The molecule has 13 nitrogen and oxygen atoms in total. The summed E-state index contributed by atoms with van der Waals surface area (Å²) >= 11 is 0. The van der Waals surface area contributed by atoms with Gasteiger partial charge in [0.25, 0.3) is 0 Å². The second-order valence-corrected chi connectivity index (χ2v) is 32.1. The van der Waals surface area contributed by atoms with Crippen molar-refractivity contribution in [1.82, 2.24) is 0 Å². The minimum absolute atomic E-state index is 0.0243. The molecule has 0 N–H and O–H groups in total. The van der Waals surface area contributed by atoms with Crippen LogP contribution in [0.4, 0.5) is 0 Å². The number of fused-ring (bicyclic) bond motifs is 8. The van der Waals surface area contributed by atoms with Crippen molar-refractivity contribution >= 4 is 14.3 Å². The summed E-state index contributed by atoms with van der Waals surface area (Å²) in [5.41, 5.74) is -0.0913. The minimum Gasteiger partial charge on any atom is -0.458 e. The molecule has 1 spiro atoms. The fourth-order valence-corrected chi connectivity index (χ4v) is 13.7. The molecule has 5 saturated heterocycles. The fraction of sp³-hybridized carbons (Fsp3) is 0.823. The van der Waals surface area contributed by atoms with E-state index in [2.05, 4.69) is 66.8 Å². The molecule has 5 fully saturated rings. The van der Waals surface area contributed by atoms with Gasteiger partial charge in [-0.2, -0.15) is 0 Å². The van der Waals surface area contributed by atoms with Crippen molar-refractivity contribution in [3.63, 3.8) is 0 Å². The van der Waals surface area contributed by atoms with E-state index in [1.165, 1.54) is 0 Å². The second-order valence-electron chi connectivity index (χ2n) is 27.4. The molecule has 6 rings (SSSR count). The zero-order chi connectivity index (χ0) is 56.1. The first-order valence-electron chi connectivity index (χ1n) is 29.1. The molecule has 6 aliphatic rings. The third-order valence-electron chi connectivity index (χ3n) is 16.2. The first-order chi connectivity index (χ1) is 35.1. The molecule has 0 saturated carbocycles. The van der Waals surface area contributed by atoms with Crippen LogP contribution in [-0.2, 0) is 61.3 Å². The summed E-state index contributed by atoms with van der Waals surface area (Å²) in [4.78, 5) is 13.6. The third kappa shape index (κ3) is 19.3. The van der Waals surface area contributed by atoms with Crippen molar-refractivity contribution in [2.24, 2.45) is 11.8 Å². The van der Waals surface area contributed by atoms with E-state index in [9.17, 15) is 4.79 Å². The van der Waals surface area contributed by atoms with Crippen LogP contribution >= 0.6 is 0 Å². The highest BCUT2D eigenvalue weighted by molar-refractivity contribution is 6.74. The molecule has 8 bridgehead atoms. The van der Waals surface area contributed by atoms with Gasteiger partial charge >= 0.3 is 5.97 Å². The quantitative estimate of drug-likeness (QED) is 0.197. The summed E-state index contributed by atoms with van der Waals surface area (Å²) in [7, 11) is -2.19. The van der Waals surface area contributed by atoms with E-state index >= 15 is 0 Å². The maximum atomic E-state index is 13.6. The van der Waals surface area contributed by atoms with Gasteiger partial charge in [-0.3, -0.25) is 0 Å². The Morgan fingerprint density at radius 3 is 1.42 bits per heavy atom. The van der Waals surface area contributed by atoms with Crippen molar-refractivity contribution in [3.05, 3.63) is 60.3 Å². The van der Waals surface area contributed by atoms with Gasteiger partial charge in [0.15, 0.2) is 37.3 Å². The molecule has 6 heterocycles. The number of carbonyl (C=O) groups excluding carboxylic acids is 1. The molecule has 1 unspecified atom stereocenters. The summed E-state index contributed by atoms with van der Waals surface area (Å²) in [5, 5.41) is 0.0243. The maximum Gasteiger partial charge on any atom is 0.334 e. The van der Waals surface area contributed by atoms with Crippen molar-refractivity contribution < 1.29 is 61.3 Å². The highest BCUT2D eigenvalue weighted by Gasteiger charge is 2.52. The van der Waals surface area contributed by atoms with Crippen molar-refractivity contribution in [2.75, 3.05) is 6.61 Å². The van der Waals surface area contributed by atoms with E-state index in [4.69, 9.17) is 56.5 Å². The van der Waals surface area contributed by atoms with Gasteiger partial charge in [-0.25, -0.2) is 4.79 Å². The average Bonchev–Trinajstić information content (AvgIpc) is 3.54. The van der Waals surface area contributed by atoms with Gasteiger partial charge in [-0.1, -0.05) is 96.2 Å². The average molecular weight is 1090 g/mol. The SMILES string of the molecule is C\C1=C/C=C/C=C/C=C/C=C/C[C@@H]2C[C@@H](CC3(COC(C)(C)O3)C[C@H]3C[C@H](C[C@H]4C[C@@H](C[C@@H]5C[C@H](C[C@@H](O[Si](C)(C)C(C)(C)C)CC[C@H](C)[C@H](C(C)C)OC1=O)OC(C)(C)O5)OC(C)(C)O4)OC(C)(C)O3)OC(C)(C)O2. The Balaban J connectivity index is 1.26. The maximum absolute atomic E-state index is 13.6. The van der Waals surface area contributed by atoms with E-state index in [1.807, 2.05) is 119 Å². The lowest BCUT2D eigenvalue weighted by molar-refractivity contribution is -0.336. The number of allylic oxidation sites excluding steroid dienone is 8. The first kappa shape index (κ1) is 63.1. The van der Waals surface area contributed by atoms with E-state index in [-0.39, 0.29) is 83.9 Å². The van der Waals surface area contributed by atoms with Crippen molar-refractivity contribution in [2.45, 2.75) is 308 Å². The zero-order valence-corrected chi connectivity index (χ0v) is 51.6. The standard InChI is InChI=1S/C62H104O13Si/c1-42(2)54-43(3)30-31-46(74-76(18,19)56(5,6)7)33-47-34-48(68-59(12,13)67-47)35-49-36-50(70-60(14,15)69-49)37-51-38-53(73-61(16,17)71-51)40-62(41-64-57(8,9)75-62)39-52-32-45(66-58(10,11)72-52)29-27-25-23-21-20-22-24-26-28-44(4)55(63)65-54/h20-28,42-43,45-54H,29-41H2,1-19H3/b22-20+,23-21+,26-24+,27-25+,44-28+/t43-,45+,46-,47-,48-,49+,50+,51-,52-,53+,54-,62?/m0/s1. The number of hydrogen-bond donors (Lipinski definition) is 0. The predicted molar refractivity (Wildman–Crippen MR) is 301 cm³/mol. The largest absolute Gasteiger partial charge is 0.458 e. The summed E-state index contributed by atoms with van der Waals surface area (Å²) in [6, 6.07) is 0. The normalized spacial score (nSPS) is 39.7. The lowest BCUT2D eigenvalue weighted by atomic mass is 9.85. The second kappa shape index (κ2) is 25.4. The molecular weight excluding hydrogens is 981 g/mol. The highest BCUT2D eigenvalue weighted by atomic mass is 28.4. The van der Waals surface area contributed by atoms with Crippen LogP contribution in [0.3, 0.4) is 0 Å². The molecule has 0 radical (unpaired) electrons. The Labute approximate surface area is 461 Å². The molecule has 0 aliphatic carbocycles. The zero-order valence-electron chi connectivity index (χ0n) is 50.6. The first-order valence-corrected chi connectivity index (χ1v) is 32.0. The van der Waals surface area contributed by atoms with Crippen LogP contribution in [0.15, 0.2) is 60.3 Å². The Bertz CT molecular complexity index is 2040. The fourth-order valence-electron chi connectivity index (χ4n) is 12.3. The van der Waals surface area contributed by atoms with E-state index in [0.717, 1.165) is 38.5 Å². The lowest BCUT2D eigenvalue weighted by Gasteiger charge is -2.48. The molecule has 6 aliphatic heterocycles. The van der Waals surface area contributed by atoms with Crippen LogP contribution in [0, 0.1) is 11.8 Å². The summed E-state index contributed by atoms with van der Waals surface area (Å²) in [5.74, 6) is -4.02. The minimum atomic E-state index is -2.19.